The summed E-state index contributed by atoms with van der Waals surface area (Å²) >= 11 is 0. The number of rotatable bonds is 11. The first kappa shape index (κ1) is 24.2. The second kappa shape index (κ2) is 13.3. The van der Waals surface area contributed by atoms with Crippen molar-refractivity contribution in [2.24, 2.45) is 10.9 Å². The summed E-state index contributed by atoms with van der Waals surface area (Å²) in [7, 11) is 1.69. The second-order valence-corrected chi connectivity index (χ2v) is 7.38. The molecule has 0 aliphatic carbocycles. The van der Waals surface area contributed by atoms with Crippen LogP contribution in [0.5, 0.6) is 5.75 Å². The summed E-state index contributed by atoms with van der Waals surface area (Å²) in [6, 6.07) is 15.5. The number of amides is 1. The first-order chi connectivity index (χ1) is 15.0. The minimum atomic E-state index is -0.0488. The lowest BCUT2D eigenvalue weighted by atomic mass is 10.2. The van der Waals surface area contributed by atoms with Gasteiger partial charge in [0.2, 0.25) is 5.91 Å². The number of nitrogens with zero attached hydrogens (tertiary/aromatic N) is 1. The van der Waals surface area contributed by atoms with Crippen molar-refractivity contribution in [3.05, 3.63) is 54.1 Å². The van der Waals surface area contributed by atoms with Crippen LogP contribution in [0.3, 0.4) is 0 Å². The molecular weight excluding hydrogens is 392 g/mol. The highest BCUT2D eigenvalue weighted by molar-refractivity contribution is 5.94. The molecule has 7 nitrogen and oxygen atoms in total. The van der Waals surface area contributed by atoms with Crippen LogP contribution in [0.4, 0.5) is 11.4 Å². The fourth-order valence-corrected chi connectivity index (χ4v) is 2.65. The van der Waals surface area contributed by atoms with Crippen molar-refractivity contribution >= 4 is 23.2 Å². The Hall–Kier alpha value is -3.06. The first-order valence-corrected chi connectivity index (χ1v) is 10.7. The summed E-state index contributed by atoms with van der Waals surface area (Å²) in [6.07, 6.45) is 0.845. The molecule has 0 aromatic heterocycles. The van der Waals surface area contributed by atoms with Crippen LogP contribution in [-0.2, 0) is 16.1 Å². The number of nitrogens with one attached hydrogen (secondary N) is 3. The molecule has 0 aliphatic rings. The average Bonchev–Trinajstić information content (AvgIpc) is 2.76. The number of carbonyl (C=O) groups excluding carboxylic acids is 1. The van der Waals surface area contributed by atoms with E-state index in [1.165, 1.54) is 0 Å². The Morgan fingerprint density at radius 2 is 1.81 bits per heavy atom. The van der Waals surface area contributed by atoms with Gasteiger partial charge in [0, 0.05) is 50.0 Å². The molecule has 2 aromatic carbocycles. The molecule has 0 saturated heterocycles. The molecule has 0 unspecified atom stereocenters. The molecule has 1 amide bonds. The maximum absolute atomic E-state index is 11.8. The third kappa shape index (κ3) is 9.09. The Kier molecular flexibility index (Phi) is 10.4. The summed E-state index contributed by atoms with van der Waals surface area (Å²) in [6.45, 7) is 8.33. The van der Waals surface area contributed by atoms with E-state index in [4.69, 9.17) is 9.47 Å². The van der Waals surface area contributed by atoms with Crippen LogP contribution in [0.2, 0.25) is 0 Å². The zero-order valence-electron chi connectivity index (χ0n) is 18.9. The Morgan fingerprint density at radius 1 is 1.03 bits per heavy atom. The Labute approximate surface area is 185 Å². The van der Waals surface area contributed by atoms with E-state index in [0.29, 0.717) is 25.7 Å². The van der Waals surface area contributed by atoms with E-state index in [0.717, 1.165) is 35.7 Å². The van der Waals surface area contributed by atoms with Gasteiger partial charge in [-0.05, 0) is 36.8 Å². The molecular formula is C24H34N4O3. The van der Waals surface area contributed by atoms with Crippen molar-refractivity contribution < 1.29 is 14.3 Å². The number of anilines is 2. The van der Waals surface area contributed by atoms with Crippen molar-refractivity contribution in [2.45, 2.75) is 33.7 Å². The van der Waals surface area contributed by atoms with Crippen LogP contribution in [0, 0.1) is 5.92 Å². The maximum atomic E-state index is 11.8. The van der Waals surface area contributed by atoms with E-state index in [-0.39, 0.29) is 11.8 Å². The van der Waals surface area contributed by atoms with Crippen LogP contribution in [0.1, 0.15) is 32.8 Å². The van der Waals surface area contributed by atoms with E-state index in [1.54, 1.807) is 7.11 Å². The van der Waals surface area contributed by atoms with Gasteiger partial charge in [0.15, 0.2) is 5.96 Å². The quantitative estimate of drug-likeness (QED) is 0.284. The van der Waals surface area contributed by atoms with Crippen molar-refractivity contribution in [2.75, 3.05) is 37.5 Å². The SMILES string of the molecule is CCNC(=NCc1ccc(NC(=O)C(C)C)cc1)Nc1cccc(OCCCOC)c1. The zero-order chi connectivity index (χ0) is 22.5. The fraction of sp³-hybridized carbons (Fsp3) is 0.417. The topological polar surface area (TPSA) is 84.0 Å². The van der Waals surface area contributed by atoms with Crippen molar-refractivity contribution in [1.82, 2.24) is 5.32 Å². The minimum absolute atomic E-state index is 0.00862. The average molecular weight is 427 g/mol. The molecule has 0 aliphatic heterocycles. The van der Waals surface area contributed by atoms with Gasteiger partial charge in [0.1, 0.15) is 5.75 Å². The highest BCUT2D eigenvalue weighted by atomic mass is 16.5. The van der Waals surface area contributed by atoms with E-state index >= 15 is 0 Å². The van der Waals surface area contributed by atoms with Gasteiger partial charge in [-0.2, -0.15) is 0 Å². The number of hydrogen-bond acceptors (Lipinski definition) is 4. The van der Waals surface area contributed by atoms with Gasteiger partial charge < -0.3 is 25.4 Å². The number of guanidine groups is 1. The van der Waals surface area contributed by atoms with Gasteiger partial charge >= 0.3 is 0 Å². The van der Waals surface area contributed by atoms with Gasteiger partial charge in [-0.15, -0.1) is 0 Å². The summed E-state index contributed by atoms with van der Waals surface area (Å²) in [5.41, 5.74) is 2.74. The Balaban J connectivity index is 1.96. The number of methoxy groups -OCH3 is 1. The summed E-state index contributed by atoms with van der Waals surface area (Å²) in [5, 5.41) is 9.47. The molecule has 2 aromatic rings. The van der Waals surface area contributed by atoms with Crippen molar-refractivity contribution in [1.29, 1.82) is 0 Å². The fourth-order valence-electron chi connectivity index (χ4n) is 2.65. The van der Waals surface area contributed by atoms with Gasteiger partial charge in [-0.25, -0.2) is 4.99 Å². The minimum Gasteiger partial charge on any atom is -0.493 e. The van der Waals surface area contributed by atoms with Crippen LogP contribution < -0.4 is 20.7 Å². The van der Waals surface area contributed by atoms with Crippen LogP contribution in [-0.4, -0.2) is 38.7 Å². The molecule has 0 atom stereocenters. The lowest BCUT2D eigenvalue weighted by molar-refractivity contribution is -0.118. The lowest BCUT2D eigenvalue weighted by Gasteiger charge is -2.13. The van der Waals surface area contributed by atoms with E-state index < -0.39 is 0 Å². The molecule has 7 heteroatoms. The van der Waals surface area contributed by atoms with Crippen molar-refractivity contribution in [3.63, 3.8) is 0 Å². The molecule has 0 saturated carbocycles. The summed E-state index contributed by atoms with van der Waals surface area (Å²) in [4.78, 5) is 16.5. The molecule has 3 N–H and O–H groups in total. The highest BCUT2D eigenvalue weighted by Crippen LogP contribution is 2.18. The molecule has 0 heterocycles. The molecule has 0 bridgehead atoms. The van der Waals surface area contributed by atoms with Crippen LogP contribution in [0.15, 0.2) is 53.5 Å². The van der Waals surface area contributed by atoms with E-state index in [2.05, 4.69) is 20.9 Å². The normalized spacial score (nSPS) is 11.3. The van der Waals surface area contributed by atoms with Gasteiger partial charge in [0.05, 0.1) is 13.2 Å². The molecule has 168 valence electrons. The Bertz CT molecular complexity index is 835. The third-order valence-electron chi connectivity index (χ3n) is 4.37. The van der Waals surface area contributed by atoms with Gasteiger partial charge in [-0.3, -0.25) is 4.79 Å². The molecule has 0 spiro atoms. The number of carbonyl (C=O) groups is 1. The monoisotopic (exact) mass is 426 g/mol. The Morgan fingerprint density at radius 3 is 2.48 bits per heavy atom. The van der Waals surface area contributed by atoms with Crippen LogP contribution in [0.25, 0.3) is 0 Å². The number of aliphatic imine (C=N–C) groups is 1. The van der Waals surface area contributed by atoms with Crippen molar-refractivity contribution in [3.8, 4) is 5.75 Å². The number of ether oxygens (including phenoxy) is 2. The molecule has 0 radical (unpaired) electrons. The molecule has 0 fully saturated rings. The van der Waals surface area contributed by atoms with E-state index in [9.17, 15) is 4.79 Å². The summed E-state index contributed by atoms with van der Waals surface area (Å²) in [5.74, 6) is 1.45. The predicted molar refractivity (Wildman–Crippen MR) is 127 cm³/mol. The lowest BCUT2D eigenvalue weighted by Crippen LogP contribution is -2.30. The molecule has 31 heavy (non-hydrogen) atoms. The van der Waals surface area contributed by atoms with E-state index in [1.807, 2.05) is 69.3 Å². The smallest absolute Gasteiger partial charge is 0.226 e. The number of benzene rings is 2. The summed E-state index contributed by atoms with van der Waals surface area (Å²) < 4.78 is 10.8. The zero-order valence-corrected chi connectivity index (χ0v) is 18.9. The molecule has 2 rings (SSSR count). The number of hydrogen-bond donors (Lipinski definition) is 3. The van der Waals surface area contributed by atoms with Gasteiger partial charge in [0.25, 0.3) is 0 Å². The largest absolute Gasteiger partial charge is 0.493 e. The van der Waals surface area contributed by atoms with Gasteiger partial charge in [-0.1, -0.05) is 32.0 Å². The third-order valence-corrected chi connectivity index (χ3v) is 4.37. The van der Waals surface area contributed by atoms with Crippen LogP contribution >= 0.6 is 0 Å². The first-order valence-electron chi connectivity index (χ1n) is 10.7. The maximum Gasteiger partial charge on any atom is 0.226 e. The predicted octanol–water partition coefficient (Wildman–Crippen LogP) is 4.27. The highest BCUT2D eigenvalue weighted by Gasteiger charge is 2.07. The standard InChI is InChI=1S/C24H34N4O3/c1-5-25-24(28-21-8-6-9-22(16-21)31-15-7-14-30-4)26-17-19-10-12-20(13-11-19)27-23(29)18(2)3/h6,8-13,16,18H,5,7,14-15,17H2,1-4H3,(H,27,29)(H2,25,26,28). The second-order valence-electron chi connectivity index (χ2n) is 7.38.